The van der Waals surface area contributed by atoms with E-state index >= 15 is 0 Å². The largest absolute Gasteiger partial charge is 0.324 e. The summed E-state index contributed by atoms with van der Waals surface area (Å²) in [6.07, 6.45) is 0. The van der Waals surface area contributed by atoms with Crippen molar-refractivity contribution in [1.82, 2.24) is 19.5 Å². The average Bonchev–Trinajstić information content (AvgIpc) is 2.90. The molecule has 3 rings (SSSR count). The molecular formula is C12H12BrN5O. The lowest BCUT2D eigenvalue weighted by molar-refractivity contribution is 0.781. The fraction of sp³-hybridized carbons (Fsp3) is 0.167. The van der Waals surface area contributed by atoms with Crippen LogP contribution in [-0.2, 0) is 13.6 Å². The van der Waals surface area contributed by atoms with E-state index in [0.717, 1.165) is 32.7 Å². The van der Waals surface area contributed by atoms with E-state index in [9.17, 15) is 4.79 Å². The van der Waals surface area contributed by atoms with Gasteiger partial charge in [0.2, 0.25) is 0 Å². The molecular weight excluding hydrogens is 310 g/mol. The van der Waals surface area contributed by atoms with Gasteiger partial charge in [0, 0.05) is 12.6 Å². The molecule has 0 aliphatic rings. The lowest BCUT2D eigenvalue weighted by atomic mass is 10.1. The summed E-state index contributed by atoms with van der Waals surface area (Å²) in [7, 11) is 1.90. The summed E-state index contributed by atoms with van der Waals surface area (Å²) in [5, 5.41) is 0. The summed E-state index contributed by atoms with van der Waals surface area (Å²) in [6, 6.07) is 5.66. The average molecular weight is 322 g/mol. The Hall–Kier alpha value is -1.86. The van der Waals surface area contributed by atoms with Crippen molar-refractivity contribution in [2.45, 2.75) is 6.54 Å². The molecule has 0 aliphatic heterocycles. The third-order valence-electron chi connectivity index (χ3n) is 3.09. The van der Waals surface area contributed by atoms with E-state index in [1.165, 1.54) is 0 Å². The number of nitrogens with zero attached hydrogens (tertiary/aromatic N) is 2. The van der Waals surface area contributed by atoms with Crippen LogP contribution in [0.3, 0.4) is 0 Å². The Kier molecular flexibility index (Phi) is 2.79. The van der Waals surface area contributed by atoms with E-state index in [0.29, 0.717) is 6.54 Å². The van der Waals surface area contributed by atoms with Crippen molar-refractivity contribution in [2.75, 3.05) is 0 Å². The van der Waals surface area contributed by atoms with Crippen LogP contribution in [0.2, 0.25) is 0 Å². The highest BCUT2D eigenvalue weighted by atomic mass is 79.9. The molecule has 0 atom stereocenters. The summed E-state index contributed by atoms with van der Waals surface area (Å²) >= 11 is 3.51. The summed E-state index contributed by atoms with van der Waals surface area (Å²) in [4.78, 5) is 21.2. The molecule has 0 amide bonds. The molecule has 0 bridgehead atoms. The number of H-pyrrole nitrogens is 2. The molecule has 0 saturated carbocycles. The van der Waals surface area contributed by atoms with Crippen molar-refractivity contribution >= 4 is 27.0 Å². The van der Waals surface area contributed by atoms with Gasteiger partial charge in [0.1, 0.15) is 16.1 Å². The monoisotopic (exact) mass is 321 g/mol. The third kappa shape index (κ3) is 1.91. The standard InChI is InChI=1S/C12H12BrN5O/c1-18-9(5-14)17-10(11(18)13)6-2-3-7-8(4-6)16-12(19)15-7/h2-4H,5,14H2,1H3,(H2,15,16,19). The van der Waals surface area contributed by atoms with Crippen molar-refractivity contribution in [3.63, 3.8) is 0 Å². The minimum absolute atomic E-state index is 0.213. The topological polar surface area (TPSA) is 92.5 Å². The minimum atomic E-state index is -0.213. The van der Waals surface area contributed by atoms with Crippen molar-refractivity contribution < 1.29 is 0 Å². The van der Waals surface area contributed by atoms with Crippen LogP contribution >= 0.6 is 15.9 Å². The molecule has 2 heterocycles. The number of fused-ring (bicyclic) bond motifs is 1. The number of nitrogens with two attached hydrogens (primary N) is 1. The molecule has 0 fully saturated rings. The second-order valence-electron chi connectivity index (χ2n) is 4.27. The fourth-order valence-corrected chi connectivity index (χ4v) is 2.59. The molecule has 98 valence electrons. The van der Waals surface area contributed by atoms with Gasteiger partial charge in [-0.2, -0.15) is 0 Å². The predicted octanol–water partition coefficient (Wildman–Crippen LogP) is 1.48. The maximum absolute atomic E-state index is 11.3. The van der Waals surface area contributed by atoms with Crippen molar-refractivity contribution in [3.8, 4) is 11.3 Å². The van der Waals surface area contributed by atoms with Crippen molar-refractivity contribution in [3.05, 3.63) is 39.1 Å². The van der Waals surface area contributed by atoms with Crippen LogP contribution in [0.25, 0.3) is 22.3 Å². The maximum atomic E-state index is 11.3. The Morgan fingerprint density at radius 1 is 1.37 bits per heavy atom. The number of imidazole rings is 2. The molecule has 1 aromatic carbocycles. The molecule has 0 unspecified atom stereocenters. The molecule has 6 nitrogen and oxygen atoms in total. The second kappa shape index (κ2) is 4.36. The summed E-state index contributed by atoms with van der Waals surface area (Å²) in [5.41, 5.74) is 8.70. The minimum Gasteiger partial charge on any atom is -0.324 e. The van der Waals surface area contributed by atoms with Crippen LogP contribution in [0.5, 0.6) is 0 Å². The zero-order chi connectivity index (χ0) is 13.6. The Morgan fingerprint density at radius 3 is 2.79 bits per heavy atom. The number of hydrogen-bond donors (Lipinski definition) is 3. The van der Waals surface area contributed by atoms with E-state index in [1.807, 2.05) is 29.8 Å². The first-order valence-corrected chi connectivity index (χ1v) is 6.53. The molecule has 0 aliphatic carbocycles. The highest BCUT2D eigenvalue weighted by Gasteiger charge is 2.13. The quantitative estimate of drug-likeness (QED) is 0.667. The molecule has 0 spiro atoms. The van der Waals surface area contributed by atoms with Gasteiger partial charge >= 0.3 is 5.69 Å². The van der Waals surface area contributed by atoms with Crippen LogP contribution in [0.15, 0.2) is 27.6 Å². The van der Waals surface area contributed by atoms with E-state index in [-0.39, 0.29) is 5.69 Å². The summed E-state index contributed by atoms with van der Waals surface area (Å²) in [6.45, 7) is 0.373. The second-order valence-corrected chi connectivity index (χ2v) is 5.02. The van der Waals surface area contributed by atoms with E-state index in [2.05, 4.69) is 30.9 Å². The van der Waals surface area contributed by atoms with Gasteiger partial charge < -0.3 is 20.3 Å². The highest BCUT2D eigenvalue weighted by molar-refractivity contribution is 9.10. The smallest absolute Gasteiger partial charge is 0.323 e. The number of benzene rings is 1. The van der Waals surface area contributed by atoms with Crippen LogP contribution in [0.1, 0.15) is 5.82 Å². The van der Waals surface area contributed by atoms with Gasteiger partial charge in [0.15, 0.2) is 0 Å². The molecule has 0 saturated heterocycles. The zero-order valence-corrected chi connectivity index (χ0v) is 11.8. The first-order valence-electron chi connectivity index (χ1n) is 5.73. The Labute approximate surface area is 116 Å². The van der Waals surface area contributed by atoms with Gasteiger partial charge in [0.05, 0.1) is 17.6 Å². The molecule has 7 heteroatoms. The van der Waals surface area contributed by atoms with Crippen LogP contribution < -0.4 is 11.4 Å². The number of rotatable bonds is 2. The highest BCUT2D eigenvalue weighted by Crippen LogP contribution is 2.29. The van der Waals surface area contributed by atoms with Gasteiger partial charge in [-0.1, -0.05) is 6.07 Å². The van der Waals surface area contributed by atoms with E-state index in [1.54, 1.807) is 0 Å². The summed E-state index contributed by atoms with van der Waals surface area (Å²) in [5.74, 6) is 0.796. The Bertz CT molecular complexity index is 813. The van der Waals surface area contributed by atoms with Gasteiger partial charge in [0.25, 0.3) is 0 Å². The number of halogens is 1. The van der Waals surface area contributed by atoms with Gasteiger partial charge in [-0.05, 0) is 28.1 Å². The van der Waals surface area contributed by atoms with Gasteiger partial charge in [-0.15, -0.1) is 0 Å². The molecule has 3 aromatic rings. The van der Waals surface area contributed by atoms with Crippen molar-refractivity contribution in [1.29, 1.82) is 0 Å². The van der Waals surface area contributed by atoms with Crippen LogP contribution in [0.4, 0.5) is 0 Å². The van der Waals surface area contributed by atoms with Crippen molar-refractivity contribution in [2.24, 2.45) is 12.8 Å². The van der Waals surface area contributed by atoms with Crippen LogP contribution in [0, 0.1) is 0 Å². The lowest BCUT2D eigenvalue weighted by Gasteiger charge is -1.99. The van der Waals surface area contributed by atoms with E-state index < -0.39 is 0 Å². The Morgan fingerprint density at radius 2 is 2.11 bits per heavy atom. The molecule has 19 heavy (non-hydrogen) atoms. The van der Waals surface area contributed by atoms with Gasteiger partial charge in [-0.25, -0.2) is 9.78 Å². The van der Waals surface area contributed by atoms with Gasteiger partial charge in [-0.3, -0.25) is 0 Å². The normalized spacial score (nSPS) is 11.3. The predicted molar refractivity (Wildman–Crippen MR) is 76.7 cm³/mol. The number of aromatic amines is 2. The number of nitrogens with one attached hydrogen (secondary N) is 2. The maximum Gasteiger partial charge on any atom is 0.323 e. The SMILES string of the molecule is Cn1c(CN)nc(-c2ccc3[nH]c(=O)[nH]c3c2)c1Br. The van der Waals surface area contributed by atoms with Crippen LogP contribution in [-0.4, -0.2) is 19.5 Å². The lowest BCUT2D eigenvalue weighted by Crippen LogP contribution is -2.04. The van der Waals surface area contributed by atoms with E-state index in [4.69, 9.17) is 5.73 Å². The molecule has 0 radical (unpaired) electrons. The first-order chi connectivity index (χ1) is 9.10. The number of hydrogen-bond acceptors (Lipinski definition) is 3. The summed E-state index contributed by atoms with van der Waals surface area (Å²) < 4.78 is 2.77. The molecule has 4 N–H and O–H groups in total. The first kappa shape index (κ1) is 12.2. The third-order valence-corrected chi connectivity index (χ3v) is 4.00. The Balaban J connectivity index is 2.21. The number of aromatic nitrogens is 4. The fourth-order valence-electron chi connectivity index (χ4n) is 2.07. The zero-order valence-electron chi connectivity index (χ0n) is 10.2. The molecule has 2 aromatic heterocycles.